The summed E-state index contributed by atoms with van der Waals surface area (Å²) < 4.78 is 0. The van der Waals surface area contributed by atoms with Gasteiger partial charge < -0.3 is 10.4 Å². The fourth-order valence-electron chi connectivity index (χ4n) is 2.19. The minimum Gasteiger partial charge on any atom is -0.481 e. The lowest BCUT2D eigenvalue weighted by Gasteiger charge is -2.20. The summed E-state index contributed by atoms with van der Waals surface area (Å²) in [7, 11) is 0. The van der Waals surface area contributed by atoms with Crippen LogP contribution in [0.2, 0.25) is 0 Å². The van der Waals surface area contributed by atoms with Crippen LogP contribution < -0.4 is 5.32 Å². The fourth-order valence-corrected chi connectivity index (χ4v) is 2.19. The zero-order valence-electron chi connectivity index (χ0n) is 9.94. The molecule has 1 aromatic rings. The summed E-state index contributed by atoms with van der Waals surface area (Å²) in [5.41, 5.74) is 2.27. The van der Waals surface area contributed by atoms with Gasteiger partial charge in [-0.25, -0.2) is 9.97 Å². The van der Waals surface area contributed by atoms with Gasteiger partial charge in [0.2, 0.25) is 0 Å². The average Bonchev–Trinajstić information content (AvgIpc) is 2.28. The molecule has 1 aliphatic carbocycles. The molecule has 92 valence electrons. The highest BCUT2D eigenvalue weighted by atomic mass is 16.4. The number of carbonyl (C=O) groups is 1. The number of fused-ring (bicyclic) bond motifs is 1. The van der Waals surface area contributed by atoms with Crippen LogP contribution in [0.25, 0.3) is 0 Å². The van der Waals surface area contributed by atoms with Gasteiger partial charge in [0.15, 0.2) is 0 Å². The first-order valence-electron chi connectivity index (χ1n) is 5.98. The van der Waals surface area contributed by atoms with E-state index in [1.54, 1.807) is 6.33 Å². The van der Waals surface area contributed by atoms with Gasteiger partial charge in [0.05, 0.1) is 6.42 Å². The largest absolute Gasteiger partial charge is 0.481 e. The Morgan fingerprint density at radius 3 is 3.00 bits per heavy atom. The molecule has 0 fully saturated rings. The number of rotatable bonds is 4. The average molecular weight is 235 g/mol. The molecular weight excluding hydrogens is 218 g/mol. The van der Waals surface area contributed by atoms with Crippen molar-refractivity contribution in [3.05, 3.63) is 17.6 Å². The number of nitrogens with zero attached hydrogens (tertiary/aromatic N) is 2. The molecule has 17 heavy (non-hydrogen) atoms. The normalized spacial score (nSPS) is 16.1. The van der Waals surface area contributed by atoms with Gasteiger partial charge in [-0.05, 0) is 32.6 Å². The third kappa shape index (κ3) is 2.93. The third-order valence-corrected chi connectivity index (χ3v) is 2.99. The number of carboxylic acids is 1. The molecule has 2 N–H and O–H groups in total. The number of hydrogen-bond donors (Lipinski definition) is 2. The highest BCUT2D eigenvalue weighted by molar-refractivity contribution is 5.68. The smallest absolute Gasteiger partial charge is 0.305 e. The molecule has 1 unspecified atom stereocenters. The number of carboxylic acid groups (broad SMARTS) is 1. The maximum absolute atomic E-state index is 10.6. The monoisotopic (exact) mass is 235 g/mol. The molecule has 1 aromatic heterocycles. The Balaban J connectivity index is 2.13. The van der Waals surface area contributed by atoms with Crippen molar-refractivity contribution in [3.63, 3.8) is 0 Å². The van der Waals surface area contributed by atoms with Crippen molar-refractivity contribution in [1.82, 2.24) is 9.97 Å². The van der Waals surface area contributed by atoms with E-state index in [9.17, 15) is 4.79 Å². The SMILES string of the molecule is CC(CC(=O)O)Nc1ncnc2c1CCCC2. The van der Waals surface area contributed by atoms with Crippen LogP contribution in [0.1, 0.15) is 37.4 Å². The summed E-state index contributed by atoms with van der Waals surface area (Å²) in [6.45, 7) is 1.85. The van der Waals surface area contributed by atoms with Gasteiger partial charge >= 0.3 is 5.97 Å². The van der Waals surface area contributed by atoms with Gasteiger partial charge in [-0.2, -0.15) is 0 Å². The molecule has 1 atom stereocenters. The van der Waals surface area contributed by atoms with Crippen LogP contribution in [-0.2, 0) is 17.6 Å². The number of anilines is 1. The standard InChI is InChI=1S/C12H17N3O2/c1-8(6-11(16)17)15-12-9-4-2-3-5-10(9)13-7-14-12/h7-8H,2-6H2,1H3,(H,16,17)(H,13,14,15). The number of aliphatic carboxylic acids is 1. The van der Waals surface area contributed by atoms with Crippen LogP contribution in [0.5, 0.6) is 0 Å². The van der Waals surface area contributed by atoms with Gasteiger partial charge in [0.1, 0.15) is 12.1 Å². The number of nitrogens with one attached hydrogen (secondary N) is 1. The maximum Gasteiger partial charge on any atom is 0.305 e. The lowest BCUT2D eigenvalue weighted by Crippen LogP contribution is -2.22. The first-order chi connectivity index (χ1) is 8.16. The molecular formula is C12H17N3O2. The molecule has 0 aliphatic heterocycles. The minimum atomic E-state index is -0.798. The summed E-state index contributed by atoms with van der Waals surface area (Å²) in [6.07, 6.45) is 5.97. The molecule has 1 heterocycles. The zero-order valence-corrected chi connectivity index (χ0v) is 9.94. The molecule has 0 bridgehead atoms. The Labute approximate surface area is 100 Å². The molecule has 5 heteroatoms. The predicted octanol–water partition coefficient (Wildman–Crippen LogP) is 1.63. The van der Waals surface area contributed by atoms with E-state index >= 15 is 0 Å². The van der Waals surface area contributed by atoms with E-state index < -0.39 is 5.97 Å². The van der Waals surface area contributed by atoms with Crippen LogP contribution in [-0.4, -0.2) is 27.1 Å². The van der Waals surface area contributed by atoms with Crippen molar-refractivity contribution in [3.8, 4) is 0 Å². The third-order valence-electron chi connectivity index (χ3n) is 2.99. The van der Waals surface area contributed by atoms with Crippen LogP contribution in [0.3, 0.4) is 0 Å². The molecule has 0 saturated carbocycles. The zero-order chi connectivity index (χ0) is 12.3. The van der Waals surface area contributed by atoms with Crippen molar-refractivity contribution in [2.45, 2.75) is 45.1 Å². The highest BCUT2D eigenvalue weighted by Gasteiger charge is 2.17. The second-order valence-electron chi connectivity index (χ2n) is 4.50. The lowest BCUT2D eigenvalue weighted by molar-refractivity contribution is -0.137. The van der Waals surface area contributed by atoms with Crippen LogP contribution in [0, 0.1) is 0 Å². The molecule has 0 amide bonds. The summed E-state index contributed by atoms with van der Waals surface area (Å²) >= 11 is 0. The van der Waals surface area contributed by atoms with E-state index in [0.29, 0.717) is 0 Å². The maximum atomic E-state index is 10.6. The second kappa shape index (κ2) is 5.12. The minimum absolute atomic E-state index is 0.0960. The summed E-state index contributed by atoms with van der Waals surface area (Å²) in [4.78, 5) is 19.1. The lowest BCUT2D eigenvalue weighted by atomic mass is 9.96. The molecule has 1 aliphatic rings. The Bertz CT molecular complexity index is 420. The van der Waals surface area contributed by atoms with Crippen molar-refractivity contribution < 1.29 is 9.90 Å². The molecule has 0 aromatic carbocycles. The fraction of sp³-hybridized carbons (Fsp3) is 0.583. The van der Waals surface area contributed by atoms with Gasteiger partial charge in [-0.1, -0.05) is 0 Å². The number of hydrogen-bond acceptors (Lipinski definition) is 4. The van der Waals surface area contributed by atoms with Crippen molar-refractivity contribution in [2.24, 2.45) is 0 Å². The molecule has 0 spiro atoms. The Hall–Kier alpha value is -1.65. The van der Waals surface area contributed by atoms with Crippen LogP contribution in [0.15, 0.2) is 6.33 Å². The second-order valence-corrected chi connectivity index (χ2v) is 4.50. The van der Waals surface area contributed by atoms with Gasteiger partial charge in [0.25, 0.3) is 0 Å². The number of aromatic nitrogens is 2. The molecule has 0 radical (unpaired) electrons. The van der Waals surface area contributed by atoms with Crippen LogP contribution in [0.4, 0.5) is 5.82 Å². The summed E-state index contributed by atoms with van der Waals surface area (Å²) in [5.74, 6) is 0.0105. The highest BCUT2D eigenvalue weighted by Crippen LogP contribution is 2.24. The Morgan fingerprint density at radius 2 is 2.24 bits per heavy atom. The molecule has 5 nitrogen and oxygen atoms in total. The van der Waals surface area contributed by atoms with E-state index in [2.05, 4.69) is 15.3 Å². The van der Waals surface area contributed by atoms with E-state index in [-0.39, 0.29) is 12.5 Å². The van der Waals surface area contributed by atoms with E-state index in [1.807, 2.05) is 6.92 Å². The van der Waals surface area contributed by atoms with Crippen LogP contribution >= 0.6 is 0 Å². The van der Waals surface area contributed by atoms with Crippen molar-refractivity contribution >= 4 is 11.8 Å². The van der Waals surface area contributed by atoms with Gasteiger partial charge in [0, 0.05) is 17.3 Å². The van der Waals surface area contributed by atoms with Gasteiger partial charge in [-0.3, -0.25) is 4.79 Å². The Kier molecular flexibility index (Phi) is 3.56. The first-order valence-corrected chi connectivity index (χ1v) is 5.98. The van der Waals surface area contributed by atoms with E-state index in [0.717, 1.165) is 36.3 Å². The van der Waals surface area contributed by atoms with E-state index in [4.69, 9.17) is 5.11 Å². The quantitative estimate of drug-likeness (QED) is 0.829. The van der Waals surface area contributed by atoms with Gasteiger partial charge in [-0.15, -0.1) is 0 Å². The Morgan fingerprint density at radius 1 is 1.47 bits per heavy atom. The summed E-state index contributed by atoms with van der Waals surface area (Å²) in [5, 5.41) is 11.9. The first kappa shape index (κ1) is 11.8. The molecule has 2 rings (SSSR count). The van der Waals surface area contributed by atoms with Crippen molar-refractivity contribution in [1.29, 1.82) is 0 Å². The number of aryl methyl sites for hydroxylation is 1. The summed E-state index contributed by atoms with van der Waals surface area (Å²) in [6, 6.07) is -0.117. The predicted molar refractivity (Wildman–Crippen MR) is 64.0 cm³/mol. The molecule has 0 saturated heterocycles. The van der Waals surface area contributed by atoms with E-state index in [1.165, 1.54) is 6.42 Å². The van der Waals surface area contributed by atoms with Crippen molar-refractivity contribution in [2.75, 3.05) is 5.32 Å². The topological polar surface area (TPSA) is 75.1 Å².